The standard InChI is InChI=1S/C13H12N2O2/c16-13(17)15-9-10-4-6-11(7-5-10)12-3-1-2-8-14-12/h1-8,15H,9H2,(H,16,17). The minimum Gasteiger partial charge on any atom is -0.465 e. The molecule has 0 fully saturated rings. The van der Waals surface area contributed by atoms with Gasteiger partial charge in [-0.2, -0.15) is 0 Å². The van der Waals surface area contributed by atoms with E-state index in [-0.39, 0.29) is 0 Å². The highest BCUT2D eigenvalue weighted by Gasteiger charge is 1.99. The summed E-state index contributed by atoms with van der Waals surface area (Å²) in [6.07, 6.45) is 0.730. The zero-order valence-electron chi connectivity index (χ0n) is 9.13. The number of carbonyl (C=O) groups is 1. The Labute approximate surface area is 98.9 Å². The van der Waals surface area contributed by atoms with Gasteiger partial charge in [0.05, 0.1) is 5.69 Å². The number of nitrogens with zero attached hydrogens (tertiary/aromatic N) is 1. The molecular formula is C13H12N2O2. The van der Waals surface area contributed by atoms with Crippen molar-refractivity contribution >= 4 is 6.09 Å². The highest BCUT2D eigenvalue weighted by molar-refractivity contribution is 5.64. The molecule has 0 bridgehead atoms. The number of rotatable bonds is 3. The first-order chi connectivity index (χ1) is 8.25. The van der Waals surface area contributed by atoms with Gasteiger partial charge in [0.2, 0.25) is 0 Å². The van der Waals surface area contributed by atoms with E-state index in [4.69, 9.17) is 5.11 Å². The van der Waals surface area contributed by atoms with E-state index in [0.717, 1.165) is 16.8 Å². The number of amides is 1. The molecule has 0 saturated heterocycles. The molecule has 0 aliphatic carbocycles. The van der Waals surface area contributed by atoms with Crippen LogP contribution in [0.4, 0.5) is 4.79 Å². The van der Waals surface area contributed by atoms with E-state index in [1.165, 1.54) is 0 Å². The van der Waals surface area contributed by atoms with E-state index in [1.807, 2.05) is 42.5 Å². The van der Waals surface area contributed by atoms with E-state index < -0.39 is 6.09 Å². The van der Waals surface area contributed by atoms with Gasteiger partial charge in [-0.15, -0.1) is 0 Å². The van der Waals surface area contributed by atoms with Crippen LogP contribution in [-0.2, 0) is 6.54 Å². The average Bonchev–Trinajstić information content (AvgIpc) is 2.38. The van der Waals surface area contributed by atoms with Crippen molar-refractivity contribution in [2.24, 2.45) is 0 Å². The Hall–Kier alpha value is -2.36. The van der Waals surface area contributed by atoms with Crippen molar-refractivity contribution in [3.8, 4) is 11.3 Å². The number of hydrogen-bond acceptors (Lipinski definition) is 2. The van der Waals surface area contributed by atoms with Gasteiger partial charge in [-0.3, -0.25) is 4.98 Å². The van der Waals surface area contributed by atoms with Crippen LogP contribution in [0.15, 0.2) is 48.7 Å². The maximum Gasteiger partial charge on any atom is 0.404 e. The van der Waals surface area contributed by atoms with Gasteiger partial charge in [0.1, 0.15) is 0 Å². The fraction of sp³-hybridized carbons (Fsp3) is 0.0769. The Bertz CT molecular complexity index is 495. The van der Waals surface area contributed by atoms with Crippen LogP contribution in [0.25, 0.3) is 11.3 Å². The molecule has 0 atom stereocenters. The topological polar surface area (TPSA) is 62.2 Å². The Morgan fingerprint density at radius 1 is 1.18 bits per heavy atom. The predicted molar refractivity (Wildman–Crippen MR) is 64.5 cm³/mol. The summed E-state index contributed by atoms with van der Waals surface area (Å²) in [5.41, 5.74) is 2.85. The minimum atomic E-state index is -1.01. The Morgan fingerprint density at radius 3 is 2.53 bits per heavy atom. The summed E-state index contributed by atoms with van der Waals surface area (Å²) in [7, 11) is 0. The van der Waals surface area contributed by atoms with Crippen LogP contribution in [0.3, 0.4) is 0 Å². The van der Waals surface area contributed by atoms with Crippen molar-refractivity contribution in [1.29, 1.82) is 0 Å². The van der Waals surface area contributed by atoms with Crippen molar-refractivity contribution < 1.29 is 9.90 Å². The zero-order chi connectivity index (χ0) is 12.1. The SMILES string of the molecule is O=C(O)NCc1ccc(-c2ccccn2)cc1. The number of hydrogen-bond donors (Lipinski definition) is 2. The van der Waals surface area contributed by atoms with Crippen molar-refractivity contribution in [2.75, 3.05) is 0 Å². The van der Waals surface area contributed by atoms with Crippen LogP contribution < -0.4 is 5.32 Å². The lowest BCUT2D eigenvalue weighted by Crippen LogP contribution is -2.19. The van der Waals surface area contributed by atoms with Crippen LogP contribution in [0.5, 0.6) is 0 Å². The zero-order valence-corrected chi connectivity index (χ0v) is 9.13. The lowest BCUT2D eigenvalue weighted by atomic mass is 10.1. The second-order valence-corrected chi connectivity index (χ2v) is 3.57. The van der Waals surface area contributed by atoms with Crippen molar-refractivity contribution in [1.82, 2.24) is 10.3 Å². The molecule has 0 spiro atoms. The molecule has 86 valence electrons. The molecule has 4 heteroatoms. The molecule has 4 nitrogen and oxygen atoms in total. The van der Waals surface area contributed by atoms with Gasteiger partial charge in [0, 0.05) is 18.3 Å². The van der Waals surface area contributed by atoms with Gasteiger partial charge in [-0.05, 0) is 17.7 Å². The first kappa shape index (κ1) is 11.1. The summed E-state index contributed by atoms with van der Waals surface area (Å²) in [5.74, 6) is 0. The quantitative estimate of drug-likeness (QED) is 0.848. The van der Waals surface area contributed by atoms with Crippen molar-refractivity contribution in [3.05, 3.63) is 54.2 Å². The van der Waals surface area contributed by atoms with E-state index in [1.54, 1.807) is 6.20 Å². The third kappa shape index (κ3) is 3.04. The molecule has 2 rings (SSSR count). The van der Waals surface area contributed by atoms with Crippen LogP contribution in [0.2, 0.25) is 0 Å². The van der Waals surface area contributed by atoms with Gasteiger partial charge in [-0.25, -0.2) is 4.79 Å². The van der Waals surface area contributed by atoms with Gasteiger partial charge < -0.3 is 10.4 Å². The fourth-order valence-corrected chi connectivity index (χ4v) is 1.50. The van der Waals surface area contributed by atoms with Crippen LogP contribution in [0, 0.1) is 0 Å². The Morgan fingerprint density at radius 2 is 1.94 bits per heavy atom. The molecule has 0 aliphatic rings. The lowest BCUT2D eigenvalue weighted by Gasteiger charge is -2.03. The summed E-state index contributed by atoms with van der Waals surface area (Å²) in [6.45, 7) is 0.317. The molecule has 1 amide bonds. The Kier molecular flexibility index (Phi) is 3.35. The first-order valence-corrected chi connectivity index (χ1v) is 5.23. The molecule has 0 unspecified atom stereocenters. The van der Waals surface area contributed by atoms with Gasteiger partial charge in [-0.1, -0.05) is 30.3 Å². The number of benzene rings is 1. The maximum absolute atomic E-state index is 10.3. The molecule has 17 heavy (non-hydrogen) atoms. The van der Waals surface area contributed by atoms with Gasteiger partial charge in [0.25, 0.3) is 0 Å². The molecule has 0 saturated carbocycles. The van der Waals surface area contributed by atoms with E-state index in [9.17, 15) is 4.79 Å². The predicted octanol–water partition coefficient (Wildman–Crippen LogP) is 2.52. The molecule has 1 aromatic carbocycles. The van der Waals surface area contributed by atoms with Crippen molar-refractivity contribution in [2.45, 2.75) is 6.54 Å². The molecule has 0 radical (unpaired) electrons. The van der Waals surface area contributed by atoms with Crippen LogP contribution in [-0.4, -0.2) is 16.2 Å². The van der Waals surface area contributed by atoms with Gasteiger partial charge in [0.15, 0.2) is 0 Å². The van der Waals surface area contributed by atoms with E-state index in [2.05, 4.69) is 10.3 Å². The summed E-state index contributed by atoms with van der Waals surface area (Å²) in [5, 5.41) is 10.8. The number of carboxylic acid groups (broad SMARTS) is 1. The highest BCUT2D eigenvalue weighted by atomic mass is 16.4. The number of aromatic nitrogens is 1. The Balaban J connectivity index is 2.11. The third-order valence-electron chi connectivity index (χ3n) is 2.36. The van der Waals surface area contributed by atoms with E-state index in [0.29, 0.717) is 6.54 Å². The second-order valence-electron chi connectivity index (χ2n) is 3.57. The average molecular weight is 228 g/mol. The van der Waals surface area contributed by atoms with Gasteiger partial charge >= 0.3 is 6.09 Å². The molecule has 2 N–H and O–H groups in total. The van der Waals surface area contributed by atoms with Crippen molar-refractivity contribution in [3.63, 3.8) is 0 Å². The molecule has 1 heterocycles. The largest absolute Gasteiger partial charge is 0.465 e. The fourth-order valence-electron chi connectivity index (χ4n) is 1.50. The first-order valence-electron chi connectivity index (χ1n) is 5.23. The molecule has 1 aromatic heterocycles. The monoisotopic (exact) mass is 228 g/mol. The lowest BCUT2D eigenvalue weighted by molar-refractivity contribution is 0.194. The summed E-state index contributed by atoms with van der Waals surface area (Å²) < 4.78 is 0. The molecule has 2 aromatic rings. The van der Waals surface area contributed by atoms with Crippen LogP contribution in [0.1, 0.15) is 5.56 Å². The van der Waals surface area contributed by atoms with Crippen LogP contribution >= 0.6 is 0 Å². The second kappa shape index (κ2) is 5.12. The summed E-state index contributed by atoms with van der Waals surface area (Å²) >= 11 is 0. The summed E-state index contributed by atoms with van der Waals surface area (Å²) in [4.78, 5) is 14.6. The summed E-state index contributed by atoms with van der Waals surface area (Å²) in [6, 6.07) is 13.4. The molecular weight excluding hydrogens is 216 g/mol. The molecule has 0 aliphatic heterocycles. The number of nitrogens with one attached hydrogen (secondary N) is 1. The van der Waals surface area contributed by atoms with E-state index >= 15 is 0 Å². The smallest absolute Gasteiger partial charge is 0.404 e. The normalized spacial score (nSPS) is 9.88. The highest BCUT2D eigenvalue weighted by Crippen LogP contribution is 2.16. The minimum absolute atomic E-state index is 0.317. The third-order valence-corrected chi connectivity index (χ3v) is 2.36. The number of pyridine rings is 1. The maximum atomic E-state index is 10.3.